The van der Waals surface area contributed by atoms with Gasteiger partial charge in [0.1, 0.15) is 11.6 Å². The minimum atomic E-state index is 0.501. The number of benzene rings is 1. The highest BCUT2D eigenvalue weighted by atomic mass is 16.5. The lowest BCUT2D eigenvalue weighted by Crippen LogP contribution is -2.02. The van der Waals surface area contributed by atoms with Crippen LogP contribution in [0.3, 0.4) is 0 Å². The Morgan fingerprint density at radius 2 is 2.00 bits per heavy atom. The van der Waals surface area contributed by atoms with Crippen LogP contribution in [0.25, 0.3) is 11.3 Å². The Hall–Kier alpha value is -2.10. The van der Waals surface area contributed by atoms with Gasteiger partial charge >= 0.3 is 0 Å². The normalized spacial score (nSPS) is 13.2. The molecule has 2 aromatic rings. The fourth-order valence-electron chi connectivity index (χ4n) is 2.23. The van der Waals surface area contributed by atoms with E-state index in [0.29, 0.717) is 5.82 Å². The molecule has 0 unspecified atom stereocenters. The number of rotatable bonds is 1. The van der Waals surface area contributed by atoms with Gasteiger partial charge in [-0.3, -0.25) is 0 Å². The van der Waals surface area contributed by atoms with Crippen molar-refractivity contribution in [1.82, 2.24) is 10.2 Å². The van der Waals surface area contributed by atoms with E-state index in [4.69, 9.17) is 10.5 Å². The van der Waals surface area contributed by atoms with Crippen LogP contribution in [-0.2, 0) is 6.42 Å². The number of hydrogen-bond acceptors (Lipinski definition) is 4. The average Bonchev–Trinajstić information content (AvgIpc) is 2.83. The fraction of sp³-hybridized carbons (Fsp3) is 0.286. The first-order valence-electron chi connectivity index (χ1n) is 6.02. The van der Waals surface area contributed by atoms with Crippen molar-refractivity contribution in [3.8, 4) is 17.0 Å². The zero-order valence-electron chi connectivity index (χ0n) is 10.5. The first-order chi connectivity index (χ1) is 8.66. The largest absolute Gasteiger partial charge is 0.493 e. The van der Waals surface area contributed by atoms with Crippen molar-refractivity contribution >= 4 is 5.82 Å². The van der Waals surface area contributed by atoms with Crippen LogP contribution in [0, 0.1) is 13.8 Å². The summed E-state index contributed by atoms with van der Waals surface area (Å²) in [5.41, 5.74) is 11.1. The molecule has 18 heavy (non-hydrogen) atoms. The van der Waals surface area contributed by atoms with E-state index in [0.717, 1.165) is 41.2 Å². The van der Waals surface area contributed by atoms with Crippen LogP contribution in [0.5, 0.6) is 5.75 Å². The fourth-order valence-corrected chi connectivity index (χ4v) is 2.23. The van der Waals surface area contributed by atoms with Gasteiger partial charge in [0, 0.05) is 12.0 Å². The third-order valence-corrected chi connectivity index (χ3v) is 3.52. The topological polar surface area (TPSA) is 61.0 Å². The van der Waals surface area contributed by atoms with Gasteiger partial charge in [0.25, 0.3) is 0 Å². The molecule has 1 aromatic carbocycles. The molecule has 2 N–H and O–H groups in total. The van der Waals surface area contributed by atoms with E-state index in [1.165, 1.54) is 5.56 Å². The number of nitrogens with zero attached hydrogens (tertiary/aromatic N) is 2. The molecule has 3 rings (SSSR count). The van der Waals surface area contributed by atoms with Crippen molar-refractivity contribution in [1.29, 1.82) is 0 Å². The van der Waals surface area contributed by atoms with Crippen LogP contribution in [0.4, 0.5) is 5.82 Å². The molecule has 92 valence electrons. The van der Waals surface area contributed by atoms with Crippen molar-refractivity contribution in [2.45, 2.75) is 20.3 Å². The third-order valence-electron chi connectivity index (χ3n) is 3.52. The Labute approximate surface area is 106 Å². The van der Waals surface area contributed by atoms with E-state index in [1.807, 2.05) is 26.0 Å². The maximum atomic E-state index is 5.76. The van der Waals surface area contributed by atoms with Gasteiger partial charge in [-0.15, -0.1) is 10.2 Å². The monoisotopic (exact) mass is 241 g/mol. The lowest BCUT2D eigenvalue weighted by molar-refractivity contribution is 0.357. The van der Waals surface area contributed by atoms with Gasteiger partial charge in [-0.05, 0) is 48.7 Å². The molecule has 2 heterocycles. The number of nitrogens with two attached hydrogens (primary N) is 1. The molecule has 1 aliphatic rings. The standard InChI is InChI=1S/C14H15N3O/c1-8-9(2)14(15)17-16-13(8)11-3-4-12-10(7-11)5-6-18-12/h3-4,7H,5-6H2,1-2H3,(H2,15,17). The van der Waals surface area contributed by atoms with Crippen LogP contribution < -0.4 is 10.5 Å². The second-order valence-corrected chi connectivity index (χ2v) is 4.60. The van der Waals surface area contributed by atoms with Gasteiger partial charge in [0.05, 0.1) is 12.3 Å². The molecule has 0 radical (unpaired) electrons. The molecule has 0 saturated heterocycles. The predicted octanol–water partition coefficient (Wildman–Crippen LogP) is 2.28. The van der Waals surface area contributed by atoms with E-state index in [-0.39, 0.29) is 0 Å². The van der Waals surface area contributed by atoms with E-state index < -0.39 is 0 Å². The van der Waals surface area contributed by atoms with Gasteiger partial charge in [-0.2, -0.15) is 0 Å². The predicted molar refractivity (Wildman–Crippen MR) is 70.6 cm³/mol. The zero-order valence-corrected chi connectivity index (χ0v) is 10.5. The second kappa shape index (κ2) is 3.98. The number of ether oxygens (including phenoxy) is 1. The Morgan fingerprint density at radius 3 is 2.83 bits per heavy atom. The second-order valence-electron chi connectivity index (χ2n) is 4.60. The van der Waals surface area contributed by atoms with Crippen LogP contribution in [0.2, 0.25) is 0 Å². The van der Waals surface area contributed by atoms with Gasteiger partial charge in [0.15, 0.2) is 0 Å². The first-order valence-corrected chi connectivity index (χ1v) is 6.02. The Kier molecular flexibility index (Phi) is 2.44. The van der Waals surface area contributed by atoms with Crippen LogP contribution in [0.1, 0.15) is 16.7 Å². The van der Waals surface area contributed by atoms with Crippen LogP contribution in [0.15, 0.2) is 18.2 Å². The number of aromatic nitrogens is 2. The summed E-state index contributed by atoms with van der Waals surface area (Å²) in [5, 5.41) is 8.22. The third kappa shape index (κ3) is 1.61. The molecule has 4 heteroatoms. The van der Waals surface area contributed by atoms with Crippen molar-refractivity contribution in [3.05, 3.63) is 34.9 Å². The van der Waals surface area contributed by atoms with Crippen molar-refractivity contribution in [3.63, 3.8) is 0 Å². The Balaban J connectivity index is 2.13. The van der Waals surface area contributed by atoms with E-state index in [9.17, 15) is 0 Å². The maximum Gasteiger partial charge on any atom is 0.149 e. The minimum Gasteiger partial charge on any atom is -0.493 e. The summed E-state index contributed by atoms with van der Waals surface area (Å²) in [6.07, 6.45) is 0.962. The molecule has 0 fully saturated rings. The maximum absolute atomic E-state index is 5.76. The number of hydrogen-bond donors (Lipinski definition) is 1. The van der Waals surface area contributed by atoms with E-state index in [2.05, 4.69) is 16.3 Å². The molecule has 0 saturated carbocycles. The smallest absolute Gasteiger partial charge is 0.149 e. The molecule has 0 atom stereocenters. The molecule has 0 spiro atoms. The van der Waals surface area contributed by atoms with Gasteiger partial charge in [-0.1, -0.05) is 0 Å². The highest BCUT2D eigenvalue weighted by Gasteiger charge is 2.15. The summed E-state index contributed by atoms with van der Waals surface area (Å²) in [6.45, 7) is 4.77. The van der Waals surface area contributed by atoms with E-state index in [1.54, 1.807) is 0 Å². The summed E-state index contributed by atoms with van der Waals surface area (Å²) < 4.78 is 5.51. The van der Waals surface area contributed by atoms with Gasteiger partial charge in [-0.25, -0.2) is 0 Å². The molecular weight excluding hydrogens is 226 g/mol. The lowest BCUT2D eigenvalue weighted by atomic mass is 10.0. The molecule has 0 amide bonds. The molecule has 1 aromatic heterocycles. The van der Waals surface area contributed by atoms with Gasteiger partial charge < -0.3 is 10.5 Å². The summed E-state index contributed by atoms with van der Waals surface area (Å²) in [7, 11) is 0. The number of fused-ring (bicyclic) bond motifs is 1. The lowest BCUT2D eigenvalue weighted by Gasteiger charge is -2.09. The highest BCUT2D eigenvalue weighted by Crippen LogP contribution is 2.31. The van der Waals surface area contributed by atoms with E-state index >= 15 is 0 Å². The summed E-state index contributed by atoms with van der Waals surface area (Å²) in [4.78, 5) is 0. The summed E-state index contributed by atoms with van der Waals surface area (Å²) >= 11 is 0. The Bertz CT molecular complexity index is 623. The Morgan fingerprint density at radius 1 is 1.17 bits per heavy atom. The van der Waals surface area contributed by atoms with Crippen molar-refractivity contribution in [2.24, 2.45) is 0 Å². The van der Waals surface area contributed by atoms with Crippen LogP contribution in [-0.4, -0.2) is 16.8 Å². The highest BCUT2D eigenvalue weighted by molar-refractivity contribution is 5.68. The SMILES string of the molecule is Cc1c(N)nnc(-c2ccc3c(c2)CCO3)c1C. The quantitative estimate of drug-likeness (QED) is 0.832. The molecule has 4 nitrogen and oxygen atoms in total. The zero-order chi connectivity index (χ0) is 12.7. The molecule has 1 aliphatic heterocycles. The molecular formula is C14H15N3O. The van der Waals surface area contributed by atoms with Crippen LogP contribution >= 0.6 is 0 Å². The van der Waals surface area contributed by atoms with Crippen molar-refractivity contribution < 1.29 is 4.74 Å². The van der Waals surface area contributed by atoms with Gasteiger partial charge in [0.2, 0.25) is 0 Å². The first kappa shape index (κ1) is 11.0. The van der Waals surface area contributed by atoms with Crippen molar-refractivity contribution in [2.75, 3.05) is 12.3 Å². The number of anilines is 1. The summed E-state index contributed by atoms with van der Waals surface area (Å²) in [6, 6.07) is 6.16. The minimum absolute atomic E-state index is 0.501. The summed E-state index contributed by atoms with van der Waals surface area (Å²) in [5.74, 6) is 1.48. The molecule has 0 aliphatic carbocycles. The molecule has 0 bridgehead atoms. The number of nitrogen functional groups attached to an aromatic ring is 1. The average molecular weight is 241 g/mol.